The number of primary amides is 3. The zero-order chi connectivity index (χ0) is 86.0. The SMILES string of the molecule is C=Cc1ccc(C=Nc2c(C(=O)O)nnc3cc(Cl)c(F)cc23)cc1.C=Cc1ccc(C=Nc2c(C(N)=O)nnc3cc(Cl)c(F)cc23)cc1.NC(=O)c1nnc2cc(Cl)c(F)cc2c1N=Cc1ccc(O)cc1.NC(=O)c1nnc2cc(Cl)c(F)cc2c1N=Cc1ccccc1.O=C(O)c1nnc2cc(Cl)c(F)cc2c1N=Cc1ccccc1. The first-order chi connectivity index (χ1) is 57.6. The van der Waals surface area contributed by atoms with Crippen molar-refractivity contribution in [1.82, 2.24) is 51.0 Å². The smallest absolute Gasteiger partial charge is 0.358 e. The summed E-state index contributed by atoms with van der Waals surface area (Å²) in [6, 6.07) is 51.4. The third-order valence-corrected chi connectivity index (χ3v) is 18.0. The Morgan fingerprint density at radius 2 is 0.500 bits per heavy atom. The van der Waals surface area contributed by atoms with Crippen LogP contribution in [0.1, 0.15) is 91.4 Å². The number of fused-ring (bicyclic) bond motifs is 5. The fourth-order valence-corrected chi connectivity index (χ4v) is 11.4. The van der Waals surface area contributed by atoms with Gasteiger partial charge in [0.1, 0.15) is 63.3 Å². The standard InChI is InChI=1S/C18H12ClFN4O.C18H11ClFN3O2.C16H10ClFN4O2.C16H10ClFN4O.C16H9ClFN3O2/c1-2-10-3-5-11(6-4-10)9-22-16-12-7-14(20)13(19)8-15(12)23-24-17(16)18(21)25;1-2-10-3-5-11(6-4-10)9-21-16-12-7-14(20)13(19)8-15(12)22-23-17(16)18(24)25;17-11-6-13-10(5-12(11)18)14(15(16(19)24)22-21-13)20-7-8-1-3-9(23)4-2-8;17-11-7-13-10(6-12(11)18)14(15(16(19)23)22-21-13)20-8-9-4-2-1-3-5-9;17-11-7-13-10(6-12(11)18)14(15(16(22)23)21-20-13)19-8-9-4-2-1-3-5-9/h2-9H,1H2,(H2,21,25);2-9H,1H2,(H,24,25);1-7,23H,(H2,19,24);1-8H,(H2,19,23);1-8H,(H,22,23). The molecule has 3 amide bonds. The molecule has 10 aromatic carbocycles. The topological polar surface area (TPSA) is 415 Å². The number of benzene rings is 10. The molecule has 0 radical (unpaired) electrons. The number of halogens is 10. The summed E-state index contributed by atoms with van der Waals surface area (Å²) in [5.74, 6) is -8.26. The Morgan fingerprint density at radius 3 is 0.717 bits per heavy atom. The molecule has 596 valence electrons. The number of hydrogen-bond donors (Lipinski definition) is 6. The van der Waals surface area contributed by atoms with E-state index in [1.807, 2.05) is 84.9 Å². The minimum absolute atomic E-state index is 0.0147. The number of aliphatic imine (C=N–C) groups is 5. The van der Waals surface area contributed by atoms with Gasteiger partial charge in [0.2, 0.25) is 0 Å². The normalized spacial score (nSPS) is 11.2. The summed E-state index contributed by atoms with van der Waals surface area (Å²) in [4.78, 5) is 78.6. The average molecular weight is 1710 g/mol. The number of nitrogens with two attached hydrogens (primary N) is 3. The Bertz CT molecular complexity index is 6410. The number of aromatic hydroxyl groups is 1. The van der Waals surface area contributed by atoms with E-state index in [0.29, 0.717) is 27.4 Å². The summed E-state index contributed by atoms with van der Waals surface area (Å²) in [5, 5.41) is 66.3. The van der Waals surface area contributed by atoms with Crippen LogP contribution in [0.2, 0.25) is 25.1 Å². The van der Waals surface area contributed by atoms with Gasteiger partial charge in [0.15, 0.2) is 28.5 Å². The Labute approximate surface area is 698 Å². The van der Waals surface area contributed by atoms with Gasteiger partial charge in [-0.05, 0) is 124 Å². The minimum Gasteiger partial charge on any atom is -0.508 e. The first-order valence-electron chi connectivity index (χ1n) is 34.2. The van der Waals surface area contributed by atoms with E-state index < -0.39 is 58.7 Å². The summed E-state index contributed by atoms with van der Waals surface area (Å²) in [6.07, 6.45) is 10.9. The lowest BCUT2D eigenvalue weighted by molar-refractivity contribution is 0.0679. The van der Waals surface area contributed by atoms with Crippen molar-refractivity contribution in [2.24, 2.45) is 42.2 Å². The number of carbonyl (C=O) groups is 5. The third-order valence-electron chi connectivity index (χ3n) is 16.5. The molecule has 0 aliphatic carbocycles. The monoisotopic (exact) mass is 1710 g/mol. The van der Waals surface area contributed by atoms with Gasteiger partial charge in [-0.3, -0.25) is 39.3 Å². The predicted octanol–water partition coefficient (Wildman–Crippen LogP) is 18.5. The van der Waals surface area contributed by atoms with E-state index in [0.717, 1.165) is 63.7 Å². The van der Waals surface area contributed by atoms with Crippen LogP contribution in [-0.4, -0.2) is 127 Å². The van der Waals surface area contributed by atoms with Gasteiger partial charge in [-0.1, -0.05) is 193 Å². The van der Waals surface area contributed by atoms with Crippen molar-refractivity contribution >= 4 is 214 Å². The maximum atomic E-state index is 13.9. The van der Waals surface area contributed by atoms with Crippen molar-refractivity contribution in [3.05, 3.63) is 329 Å². The van der Waals surface area contributed by atoms with Crippen LogP contribution in [0.15, 0.2) is 232 Å². The van der Waals surface area contributed by atoms with Crippen LogP contribution in [0.5, 0.6) is 5.75 Å². The number of amides is 3. The van der Waals surface area contributed by atoms with Gasteiger partial charge in [-0.2, -0.15) is 0 Å². The van der Waals surface area contributed by atoms with Gasteiger partial charge in [-0.25, -0.2) is 31.5 Å². The Balaban J connectivity index is 0.000000147. The van der Waals surface area contributed by atoms with Gasteiger partial charge in [0, 0.05) is 58.0 Å². The summed E-state index contributed by atoms with van der Waals surface area (Å²) >= 11 is 28.7. The predicted molar refractivity (Wildman–Crippen MR) is 452 cm³/mol. The van der Waals surface area contributed by atoms with E-state index >= 15 is 0 Å². The van der Waals surface area contributed by atoms with Gasteiger partial charge in [0.05, 0.1) is 52.7 Å². The van der Waals surface area contributed by atoms with Crippen molar-refractivity contribution in [1.29, 1.82) is 0 Å². The lowest BCUT2D eigenvalue weighted by Crippen LogP contribution is -2.14. The van der Waals surface area contributed by atoms with Crippen LogP contribution < -0.4 is 17.2 Å². The number of aromatic carboxylic acids is 2. The second-order valence-corrected chi connectivity index (χ2v) is 26.6. The Morgan fingerprint density at radius 1 is 0.300 bits per heavy atom. The maximum absolute atomic E-state index is 13.9. The van der Waals surface area contributed by atoms with Gasteiger partial charge in [-0.15, -0.1) is 51.0 Å². The largest absolute Gasteiger partial charge is 0.508 e. The molecule has 9 N–H and O–H groups in total. The number of phenolic OH excluding ortho intramolecular Hbond substituents is 1. The molecule has 5 heterocycles. The number of hydrogen-bond acceptors (Lipinski definition) is 21. The van der Waals surface area contributed by atoms with Gasteiger partial charge >= 0.3 is 11.9 Å². The highest BCUT2D eigenvalue weighted by molar-refractivity contribution is 6.33. The maximum Gasteiger partial charge on any atom is 0.358 e. The molecular formula is C84H52Cl5F5N18O8. The van der Waals surface area contributed by atoms with Crippen molar-refractivity contribution in [3.8, 4) is 5.75 Å². The summed E-state index contributed by atoms with van der Waals surface area (Å²) in [5.41, 5.74) is 22.3. The van der Waals surface area contributed by atoms with Gasteiger partial charge < -0.3 is 32.5 Å². The van der Waals surface area contributed by atoms with Crippen LogP contribution in [0.4, 0.5) is 50.4 Å². The van der Waals surface area contributed by atoms with E-state index in [9.17, 15) is 61.2 Å². The van der Waals surface area contributed by atoms with Crippen LogP contribution in [-0.2, 0) is 0 Å². The van der Waals surface area contributed by atoms with Crippen LogP contribution in [0, 0.1) is 29.1 Å². The number of rotatable bonds is 17. The number of carboxylic acids is 2. The first-order valence-corrected chi connectivity index (χ1v) is 36.1. The zero-order valence-electron chi connectivity index (χ0n) is 61.0. The van der Waals surface area contributed by atoms with E-state index in [4.69, 9.17) is 75.2 Å². The minimum atomic E-state index is -1.31. The average Bonchev–Trinajstić information content (AvgIpc) is 0.806. The molecule has 15 rings (SSSR count). The number of carbonyl (C=O) groups excluding carboxylic acids is 3. The van der Waals surface area contributed by atoms with Crippen LogP contribution >= 0.6 is 58.0 Å². The number of carboxylic acid groups (broad SMARTS) is 2. The second-order valence-electron chi connectivity index (χ2n) is 24.6. The highest BCUT2D eigenvalue weighted by Crippen LogP contribution is 2.37. The molecule has 0 bridgehead atoms. The molecule has 0 fully saturated rings. The molecule has 0 atom stereocenters. The van der Waals surface area contributed by atoms with Crippen molar-refractivity contribution in [3.63, 3.8) is 0 Å². The zero-order valence-corrected chi connectivity index (χ0v) is 64.8. The lowest BCUT2D eigenvalue weighted by Gasteiger charge is -2.06. The Hall–Kier alpha value is -15.0. The number of aromatic nitrogens is 10. The molecule has 5 aromatic heterocycles. The molecule has 0 saturated heterocycles. The molecule has 120 heavy (non-hydrogen) atoms. The Kier molecular flexibility index (Phi) is 28.0. The van der Waals surface area contributed by atoms with E-state index in [2.05, 4.69) is 89.1 Å². The highest BCUT2D eigenvalue weighted by atomic mass is 35.5. The molecule has 0 unspecified atom stereocenters. The molecule has 0 aliphatic rings. The molecule has 26 nitrogen and oxygen atoms in total. The van der Waals surface area contributed by atoms with Crippen LogP contribution in [0.25, 0.3) is 66.7 Å². The summed E-state index contributed by atoms with van der Waals surface area (Å²) < 4.78 is 69.0. The summed E-state index contributed by atoms with van der Waals surface area (Å²) in [6.45, 7) is 7.36. The molecular weight excluding hydrogens is 1660 g/mol. The molecule has 0 saturated carbocycles. The fraction of sp³-hybridized carbons (Fsp3) is 0. The van der Waals surface area contributed by atoms with E-state index in [1.54, 1.807) is 48.6 Å². The number of phenols is 1. The fourth-order valence-electron chi connectivity index (χ4n) is 10.6. The van der Waals surface area contributed by atoms with Gasteiger partial charge in [0.25, 0.3) is 17.7 Å². The molecule has 15 aromatic rings. The van der Waals surface area contributed by atoms with E-state index in [-0.39, 0.29) is 120 Å². The quantitative estimate of drug-likeness (QED) is 0.0364. The number of nitrogens with zero attached hydrogens (tertiary/aromatic N) is 15. The molecule has 0 aliphatic heterocycles. The third kappa shape index (κ3) is 21.2. The van der Waals surface area contributed by atoms with Crippen molar-refractivity contribution in [2.45, 2.75) is 0 Å². The highest BCUT2D eigenvalue weighted by Gasteiger charge is 2.23. The first kappa shape index (κ1) is 85.9. The second kappa shape index (κ2) is 39.1. The lowest BCUT2D eigenvalue weighted by atomic mass is 10.1. The van der Waals surface area contributed by atoms with Crippen molar-refractivity contribution in [2.75, 3.05) is 0 Å². The van der Waals surface area contributed by atoms with Crippen LogP contribution in [0.3, 0.4) is 0 Å². The molecule has 36 heteroatoms. The van der Waals surface area contributed by atoms with Crippen molar-refractivity contribution < 1.29 is 61.2 Å². The summed E-state index contributed by atoms with van der Waals surface area (Å²) in [7, 11) is 0. The van der Waals surface area contributed by atoms with E-state index in [1.165, 1.54) is 73.5 Å². The molecule has 0 spiro atoms.